The second-order valence-electron chi connectivity index (χ2n) is 4.15. The molecule has 0 saturated carbocycles. The Bertz CT molecular complexity index is 357. The molecular formula is C12H21N3O2. The lowest BCUT2D eigenvalue weighted by Crippen LogP contribution is -2.38. The highest BCUT2D eigenvalue weighted by Crippen LogP contribution is 2.23. The van der Waals surface area contributed by atoms with E-state index >= 15 is 0 Å². The molecule has 1 aromatic heterocycles. The minimum absolute atomic E-state index is 0.00592. The number of pyridine rings is 1. The molecule has 0 aromatic carbocycles. The third kappa shape index (κ3) is 3.66. The van der Waals surface area contributed by atoms with Crippen LogP contribution in [0.5, 0.6) is 0 Å². The highest BCUT2D eigenvalue weighted by molar-refractivity contribution is 5.39. The monoisotopic (exact) mass is 239 g/mol. The first kappa shape index (κ1) is 13.9. The number of hydrogen-bond acceptors (Lipinski definition) is 5. The predicted molar refractivity (Wildman–Crippen MR) is 67.6 cm³/mol. The van der Waals surface area contributed by atoms with E-state index in [0.29, 0.717) is 18.0 Å². The fourth-order valence-electron chi connectivity index (χ4n) is 1.55. The summed E-state index contributed by atoms with van der Waals surface area (Å²) in [4.78, 5) is 4.17. The van der Waals surface area contributed by atoms with Crippen molar-refractivity contribution in [2.75, 3.05) is 18.5 Å². The average Bonchev–Trinajstić information content (AvgIpc) is 2.28. The molecule has 1 atom stereocenters. The number of aromatic nitrogens is 1. The van der Waals surface area contributed by atoms with Gasteiger partial charge in [0.15, 0.2) is 0 Å². The summed E-state index contributed by atoms with van der Waals surface area (Å²) in [5, 5.41) is 13.4. The van der Waals surface area contributed by atoms with E-state index < -0.39 is 5.79 Å². The van der Waals surface area contributed by atoms with E-state index in [1.165, 1.54) is 0 Å². The Kier molecular flexibility index (Phi) is 4.86. The molecular weight excluding hydrogens is 218 g/mol. The van der Waals surface area contributed by atoms with Crippen molar-refractivity contribution in [1.29, 1.82) is 0 Å². The minimum Gasteiger partial charge on any atom is -0.368 e. The lowest BCUT2D eigenvalue weighted by Gasteiger charge is -2.27. The molecule has 0 spiro atoms. The average molecular weight is 239 g/mol. The van der Waals surface area contributed by atoms with Crippen LogP contribution in [0, 0.1) is 0 Å². The van der Waals surface area contributed by atoms with Crippen molar-refractivity contribution < 1.29 is 9.84 Å². The van der Waals surface area contributed by atoms with Crippen molar-refractivity contribution in [3.63, 3.8) is 0 Å². The van der Waals surface area contributed by atoms with Gasteiger partial charge in [-0.05, 0) is 32.9 Å². The number of nitrogens with zero attached hydrogens (tertiary/aromatic N) is 1. The zero-order valence-corrected chi connectivity index (χ0v) is 10.6. The van der Waals surface area contributed by atoms with Gasteiger partial charge in [-0.3, -0.25) is 0 Å². The zero-order valence-electron chi connectivity index (χ0n) is 10.6. The number of rotatable bonds is 6. The molecule has 0 bridgehead atoms. The summed E-state index contributed by atoms with van der Waals surface area (Å²) in [7, 11) is 0. The number of nitrogens with two attached hydrogens (primary N) is 1. The molecule has 5 nitrogen and oxygen atoms in total. The molecule has 1 unspecified atom stereocenters. The molecule has 0 aliphatic rings. The Morgan fingerprint density at radius 3 is 2.82 bits per heavy atom. The van der Waals surface area contributed by atoms with Crippen LogP contribution in [0.25, 0.3) is 0 Å². The molecule has 0 aliphatic carbocycles. The highest BCUT2D eigenvalue weighted by Gasteiger charge is 2.28. The maximum absolute atomic E-state index is 10.2. The van der Waals surface area contributed by atoms with Crippen LogP contribution < -0.4 is 11.1 Å². The molecule has 5 heteroatoms. The van der Waals surface area contributed by atoms with Crippen LogP contribution in [0.15, 0.2) is 18.3 Å². The van der Waals surface area contributed by atoms with Crippen LogP contribution >= 0.6 is 0 Å². The molecule has 0 fully saturated rings. The third-order valence-electron chi connectivity index (χ3n) is 2.31. The minimum atomic E-state index is -1.44. The molecule has 17 heavy (non-hydrogen) atoms. The Balaban J connectivity index is 2.96. The standard InChI is InChI=1S/C12H21N3O2/c1-4-17-12(16,8-13)10-5-6-14-11(7-10)15-9(2)3/h5-7,9,16H,4,8,13H2,1-3H3,(H,14,15). The van der Waals surface area contributed by atoms with Crippen molar-refractivity contribution in [2.24, 2.45) is 5.73 Å². The van der Waals surface area contributed by atoms with Crippen LogP contribution in [-0.4, -0.2) is 29.3 Å². The molecule has 1 aromatic rings. The SMILES string of the molecule is CCOC(O)(CN)c1ccnc(NC(C)C)c1. The van der Waals surface area contributed by atoms with E-state index in [-0.39, 0.29) is 12.6 Å². The summed E-state index contributed by atoms with van der Waals surface area (Å²) in [5.74, 6) is -0.741. The van der Waals surface area contributed by atoms with Crippen molar-refractivity contribution in [2.45, 2.75) is 32.6 Å². The molecule has 1 rings (SSSR count). The first-order valence-corrected chi connectivity index (χ1v) is 5.81. The number of nitrogens with one attached hydrogen (secondary N) is 1. The topological polar surface area (TPSA) is 80.4 Å². The van der Waals surface area contributed by atoms with Gasteiger partial charge in [-0.15, -0.1) is 0 Å². The van der Waals surface area contributed by atoms with Crippen molar-refractivity contribution in [3.8, 4) is 0 Å². The van der Waals surface area contributed by atoms with Gasteiger partial charge in [0, 0.05) is 24.4 Å². The second kappa shape index (κ2) is 5.95. The van der Waals surface area contributed by atoms with Crippen molar-refractivity contribution in [3.05, 3.63) is 23.9 Å². The van der Waals surface area contributed by atoms with E-state index in [4.69, 9.17) is 10.5 Å². The summed E-state index contributed by atoms with van der Waals surface area (Å²) in [6.45, 7) is 6.25. The lowest BCUT2D eigenvalue weighted by molar-refractivity contribution is -0.201. The molecule has 0 amide bonds. The number of hydrogen-bond donors (Lipinski definition) is 3. The van der Waals surface area contributed by atoms with Crippen LogP contribution in [-0.2, 0) is 10.5 Å². The van der Waals surface area contributed by atoms with Gasteiger partial charge >= 0.3 is 0 Å². The molecule has 4 N–H and O–H groups in total. The highest BCUT2D eigenvalue weighted by atomic mass is 16.6. The molecule has 0 radical (unpaired) electrons. The maximum Gasteiger partial charge on any atom is 0.205 e. The first-order chi connectivity index (χ1) is 8.01. The van der Waals surface area contributed by atoms with E-state index in [0.717, 1.165) is 0 Å². The summed E-state index contributed by atoms with van der Waals surface area (Å²) in [6.07, 6.45) is 1.62. The van der Waals surface area contributed by atoms with E-state index in [1.807, 2.05) is 20.8 Å². The van der Waals surface area contributed by atoms with Gasteiger partial charge in [0.2, 0.25) is 5.79 Å². The van der Waals surface area contributed by atoms with E-state index in [9.17, 15) is 5.11 Å². The van der Waals surface area contributed by atoms with E-state index in [1.54, 1.807) is 18.3 Å². The second-order valence-corrected chi connectivity index (χ2v) is 4.15. The Morgan fingerprint density at radius 1 is 1.59 bits per heavy atom. The predicted octanol–water partition coefficient (Wildman–Crippen LogP) is 1.04. The first-order valence-electron chi connectivity index (χ1n) is 5.81. The van der Waals surface area contributed by atoms with Crippen LogP contribution in [0.2, 0.25) is 0 Å². The fourth-order valence-corrected chi connectivity index (χ4v) is 1.55. The van der Waals surface area contributed by atoms with Crippen molar-refractivity contribution >= 4 is 5.82 Å². The van der Waals surface area contributed by atoms with Gasteiger partial charge in [0.25, 0.3) is 0 Å². The van der Waals surface area contributed by atoms with E-state index in [2.05, 4.69) is 10.3 Å². The maximum atomic E-state index is 10.2. The summed E-state index contributed by atoms with van der Waals surface area (Å²) in [5.41, 5.74) is 6.17. The smallest absolute Gasteiger partial charge is 0.205 e. The van der Waals surface area contributed by atoms with Gasteiger partial charge in [-0.2, -0.15) is 0 Å². The normalized spacial score (nSPS) is 14.7. The quantitative estimate of drug-likeness (QED) is 0.646. The van der Waals surface area contributed by atoms with Gasteiger partial charge < -0.3 is 20.9 Å². The summed E-state index contributed by atoms with van der Waals surface area (Å²) >= 11 is 0. The molecule has 0 saturated heterocycles. The zero-order chi connectivity index (χ0) is 12.9. The Hall–Kier alpha value is -1.17. The lowest BCUT2D eigenvalue weighted by atomic mass is 10.1. The Morgan fingerprint density at radius 2 is 2.29 bits per heavy atom. The van der Waals surface area contributed by atoms with Crippen LogP contribution in [0.4, 0.5) is 5.82 Å². The summed E-state index contributed by atoms with van der Waals surface area (Å²) < 4.78 is 5.30. The number of aliphatic hydroxyl groups is 1. The largest absolute Gasteiger partial charge is 0.368 e. The van der Waals surface area contributed by atoms with Gasteiger partial charge in [-0.25, -0.2) is 4.98 Å². The van der Waals surface area contributed by atoms with Crippen LogP contribution in [0.1, 0.15) is 26.3 Å². The third-order valence-corrected chi connectivity index (χ3v) is 2.31. The summed E-state index contributed by atoms with van der Waals surface area (Å²) in [6, 6.07) is 3.73. The van der Waals surface area contributed by atoms with Crippen molar-refractivity contribution in [1.82, 2.24) is 4.98 Å². The van der Waals surface area contributed by atoms with Crippen LogP contribution in [0.3, 0.4) is 0 Å². The van der Waals surface area contributed by atoms with Gasteiger partial charge in [0.1, 0.15) is 5.82 Å². The fraction of sp³-hybridized carbons (Fsp3) is 0.583. The molecule has 0 aliphatic heterocycles. The molecule has 96 valence electrons. The Labute approximate surface area is 102 Å². The number of anilines is 1. The van der Waals surface area contributed by atoms with Gasteiger partial charge in [-0.1, -0.05) is 0 Å². The number of ether oxygens (including phenoxy) is 1. The molecule has 1 heterocycles. The van der Waals surface area contributed by atoms with Gasteiger partial charge in [0.05, 0.1) is 6.54 Å².